The Morgan fingerprint density at radius 3 is 2.12 bits per heavy atom. The Balaban J connectivity index is 1.89. The van der Waals surface area contributed by atoms with E-state index in [2.05, 4.69) is 38.6 Å². The van der Waals surface area contributed by atoms with E-state index in [1.807, 2.05) is 25.1 Å². The minimum Gasteiger partial charge on any atom is -0.207 e. The topological polar surface area (TPSA) is 37.4 Å². The summed E-state index contributed by atoms with van der Waals surface area (Å²) in [4.78, 5) is 0.332. The Morgan fingerprint density at radius 2 is 1.52 bits per heavy atom. The number of rotatable bonds is 3. The lowest BCUT2D eigenvalue weighted by Gasteiger charge is -2.15. The van der Waals surface area contributed by atoms with Crippen molar-refractivity contribution in [3.05, 3.63) is 82.4 Å². The normalized spacial score (nSPS) is 17.4. The summed E-state index contributed by atoms with van der Waals surface area (Å²) in [5, 5.41) is 0. The first-order valence-corrected chi connectivity index (χ1v) is 9.73. The SMILES string of the molecule is C=C1CN(S(=O)(=O)c2ccc(C)cc2)C/C1=C\c1cc(C)cc(C)c1. The smallest absolute Gasteiger partial charge is 0.207 e. The monoisotopic (exact) mass is 353 g/mol. The zero-order valence-electron chi connectivity index (χ0n) is 14.9. The molecule has 0 atom stereocenters. The van der Waals surface area contributed by atoms with Gasteiger partial charge in [0.1, 0.15) is 0 Å². The molecule has 1 saturated heterocycles. The maximum atomic E-state index is 12.9. The molecule has 25 heavy (non-hydrogen) atoms. The molecular formula is C21H23NO2S. The van der Waals surface area contributed by atoms with Crippen molar-refractivity contribution < 1.29 is 8.42 Å². The first kappa shape index (κ1) is 17.6. The molecule has 1 aliphatic heterocycles. The molecule has 3 rings (SSSR count). The van der Waals surface area contributed by atoms with Gasteiger partial charge in [-0.3, -0.25) is 0 Å². The molecule has 0 radical (unpaired) electrons. The molecule has 0 spiro atoms. The van der Waals surface area contributed by atoms with E-state index in [4.69, 9.17) is 0 Å². The molecule has 0 aromatic heterocycles. The highest BCUT2D eigenvalue weighted by Crippen LogP contribution is 2.28. The van der Waals surface area contributed by atoms with Gasteiger partial charge in [0.2, 0.25) is 10.0 Å². The summed E-state index contributed by atoms with van der Waals surface area (Å²) in [7, 11) is -3.50. The van der Waals surface area contributed by atoms with E-state index < -0.39 is 10.0 Å². The Labute approximate surface area is 150 Å². The first-order chi connectivity index (χ1) is 11.8. The molecule has 0 saturated carbocycles. The van der Waals surface area contributed by atoms with Crippen LogP contribution in [0.1, 0.15) is 22.3 Å². The number of hydrogen-bond acceptors (Lipinski definition) is 2. The zero-order chi connectivity index (χ0) is 18.2. The molecule has 0 amide bonds. The summed E-state index contributed by atoms with van der Waals surface area (Å²) < 4.78 is 27.2. The van der Waals surface area contributed by atoms with Crippen LogP contribution in [0.5, 0.6) is 0 Å². The third-order valence-corrected chi connectivity index (χ3v) is 6.22. The largest absolute Gasteiger partial charge is 0.243 e. The number of sulfonamides is 1. The van der Waals surface area contributed by atoms with Crippen molar-refractivity contribution in [1.82, 2.24) is 4.31 Å². The van der Waals surface area contributed by atoms with Gasteiger partial charge >= 0.3 is 0 Å². The standard InChI is InChI=1S/C21H23NO2S/c1-15-5-7-21(8-6-15)25(23,24)22-13-18(4)20(14-22)12-19-10-16(2)9-17(3)11-19/h5-12H,4,13-14H2,1-3H3/b20-12+. The number of benzene rings is 2. The minimum atomic E-state index is -3.50. The van der Waals surface area contributed by atoms with E-state index in [0.717, 1.165) is 22.3 Å². The van der Waals surface area contributed by atoms with E-state index >= 15 is 0 Å². The van der Waals surface area contributed by atoms with E-state index in [1.165, 1.54) is 15.4 Å². The summed E-state index contributed by atoms with van der Waals surface area (Å²) in [6.07, 6.45) is 2.05. The fraction of sp³-hybridized carbons (Fsp3) is 0.238. The molecule has 2 aromatic carbocycles. The van der Waals surface area contributed by atoms with Gasteiger partial charge in [0.25, 0.3) is 0 Å². The van der Waals surface area contributed by atoms with Crippen molar-refractivity contribution in [2.45, 2.75) is 25.7 Å². The third kappa shape index (κ3) is 3.75. The Hall–Kier alpha value is -2.17. The molecule has 0 unspecified atom stereocenters. The molecule has 0 aliphatic carbocycles. The molecule has 0 N–H and O–H groups in total. The molecular weight excluding hydrogens is 330 g/mol. The zero-order valence-corrected chi connectivity index (χ0v) is 15.7. The van der Waals surface area contributed by atoms with Crippen LogP contribution >= 0.6 is 0 Å². The summed E-state index contributed by atoms with van der Waals surface area (Å²) in [6, 6.07) is 13.3. The van der Waals surface area contributed by atoms with E-state index in [1.54, 1.807) is 12.1 Å². The summed E-state index contributed by atoms with van der Waals surface area (Å²) >= 11 is 0. The first-order valence-electron chi connectivity index (χ1n) is 8.29. The average molecular weight is 353 g/mol. The number of aryl methyl sites for hydroxylation is 3. The van der Waals surface area contributed by atoms with Crippen LogP contribution in [0.3, 0.4) is 0 Å². The van der Waals surface area contributed by atoms with Crippen molar-refractivity contribution in [1.29, 1.82) is 0 Å². The number of hydrogen-bond donors (Lipinski definition) is 0. The summed E-state index contributed by atoms with van der Waals surface area (Å²) in [5.74, 6) is 0. The van der Waals surface area contributed by atoms with Gasteiger partial charge in [0.05, 0.1) is 4.90 Å². The fourth-order valence-electron chi connectivity index (χ4n) is 3.14. The lowest BCUT2D eigenvalue weighted by Crippen LogP contribution is -2.28. The fourth-order valence-corrected chi connectivity index (χ4v) is 4.56. The second-order valence-electron chi connectivity index (χ2n) is 6.78. The highest BCUT2D eigenvalue weighted by atomic mass is 32.2. The molecule has 0 bridgehead atoms. The molecule has 1 heterocycles. The van der Waals surface area contributed by atoms with Crippen LogP contribution in [0.25, 0.3) is 6.08 Å². The average Bonchev–Trinajstić information content (AvgIpc) is 2.88. The Morgan fingerprint density at radius 1 is 0.920 bits per heavy atom. The predicted octanol–water partition coefficient (Wildman–Crippen LogP) is 4.26. The van der Waals surface area contributed by atoms with Crippen molar-refractivity contribution in [2.24, 2.45) is 0 Å². The quantitative estimate of drug-likeness (QED) is 0.827. The van der Waals surface area contributed by atoms with Crippen LogP contribution in [0, 0.1) is 20.8 Å². The van der Waals surface area contributed by atoms with E-state index in [0.29, 0.717) is 18.0 Å². The molecule has 3 nitrogen and oxygen atoms in total. The molecule has 4 heteroatoms. The van der Waals surface area contributed by atoms with Gasteiger partial charge < -0.3 is 0 Å². The van der Waals surface area contributed by atoms with Crippen LogP contribution in [-0.4, -0.2) is 25.8 Å². The minimum absolute atomic E-state index is 0.332. The highest BCUT2D eigenvalue weighted by molar-refractivity contribution is 7.89. The van der Waals surface area contributed by atoms with Gasteiger partial charge in [-0.25, -0.2) is 8.42 Å². The highest BCUT2D eigenvalue weighted by Gasteiger charge is 2.31. The van der Waals surface area contributed by atoms with Gasteiger partial charge in [-0.15, -0.1) is 0 Å². The molecule has 130 valence electrons. The van der Waals surface area contributed by atoms with Gasteiger partial charge in [0, 0.05) is 13.1 Å². The van der Waals surface area contributed by atoms with E-state index in [9.17, 15) is 8.42 Å². The van der Waals surface area contributed by atoms with Crippen molar-refractivity contribution in [3.63, 3.8) is 0 Å². The van der Waals surface area contributed by atoms with Crippen LogP contribution in [0.2, 0.25) is 0 Å². The second kappa shape index (κ2) is 6.62. The summed E-state index contributed by atoms with van der Waals surface area (Å²) in [6.45, 7) is 10.8. The van der Waals surface area contributed by atoms with Gasteiger partial charge in [-0.1, -0.05) is 59.7 Å². The Bertz CT molecular complexity index is 934. The third-order valence-electron chi connectivity index (χ3n) is 4.41. The van der Waals surface area contributed by atoms with Crippen LogP contribution < -0.4 is 0 Å². The van der Waals surface area contributed by atoms with E-state index in [-0.39, 0.29) is 0 Å². The lowest BCUT2D eigenvalue weighted by molar-refractivity contribution is 0.489. The predicted molar refractivity (Wildman–Crippen MR) is 103 cm³/mol. The molecule has 1 fully saturated rings. The van der Waals surface area contributed by atoms with Crippen molar-refractivity contribution >= 4 is 16.1 Å². The van der Waals surface area contributed by atoms with Gasteiger partial charge in [-0.05, 0) is 49.6 Å². The Kier molecular flexibility index (Phi) is 4.67. The number of nitrogens with zero attached hydrogens (tertiary/aromatic N) is 1. The maximum Gasteiger partial charge on any atom is 0.243 e. The van der Waals surface area contributed by atoms with Crippen molar-refractivity contribution in [2.75, 3.05) is 13.1 Å². The molecule has 1 aliphatic rings. The summed E-state index contributed by atoms with van der Waals surface area (Å²) in [5.41, 5.74) is 6.35. The molecule has 2 aromatic rings. The van der Waals surface area contributed by atoms with Crippen molar-refractivity contribution in [3.8, 4) is 0 Å². The van der Waals surface area contributed by atoms with Crippen LogP contribution in [0.15, 0.2) is 65.1 Å². The van der Waals surface area contributed by atoms with Crippen LogP contribution in [-0.2, 0) is 10.0 Å². The lowest BCUT2D eigenvalue weighted by atomic mass is 10.0. The van der Waals surface area contributed by atoms with Gasteiger partial charge in [0.15, 0.2) is 0 Å². The second-order valence-corrected chi connectivity index (χ2v) is 8.72. The van der Waals surface area contributed by atoms with Crippen LogP contribution in [0.4, 0.5) is 0 Å². The maximum absolute atomic E-state index is 12.9. The van der Waals surface area contributed by atoms with Gasteiger partial charge in [-0.2, -0.15) is 4.31 Å².